The van der Waals surface area contributed by atoms with E-state index in [9.17, 15) is 9.59 Å². The molecule has 3 rings (SSSR count). The first-order valence-electron chi connectivity index (χ1n) is 9.01. The molecule has 0 atom stereocenters. The van der Waals surface area contributed by atoms with Gasteiger partial charge in [-0.3, -0.25) is 13.9 Å². The molecule has 2 heterocycles. The lowest BCUT2D eigenvalue weighted by Crippen LogP contribution is -2.40. The Morgan fingerprint density at radius 2 is 1.88 bits per heavy atom. The number of aliphatic hydroxyl groups is 1. The minimum absolute atomic E-state index is 0.00191. The summed E-state index contributed by atoms with van der Waals surface area (Å²) in [7, 11) is 0. The summed E-state index contributed by atoms with van der Waals surface area (Å²) in [6.07, 6.45) is 6.67. The van der Waals surface area contributed by atoms with Gasteiger partial charge in [-0.05, 0) is 25.7 Å². The van der Waals surface area contributed by atoms with Gasteiger partial charge in [0.15, 0.2) is 5.65 Å². The summed E-state index contributed by atoms with van der Waals surface area (Å²) in [5, 5.41) is 9.12. The maximum Gasteiger partial charge on any atom is 0.332 e. The van der Waals surface area contributed by atoms with Crippen LogP contribution in [0, 0.1) is 0 Å². The van der Waals surface area contributed by atoms with Crippen molar-refractivity contribution in [2.75, 3.05) is 6.61 Å². The largest absolute Gasteiger partial charge is 0.396 e. The second-order valence-electron chi connectivity index (χ2n) is 6.62. The maximum absolute atomic E-state index is 12.7. The van der Waals surface area contributed by atoms with Crippen molar-refractivity contribution in [2.45, 2.75) is 70.9 Å². The summed E-state index contributed by atoms with van der Waals surface area (Å²) < 4.78 is 2.84. The van der Waals surface area contributed by atoms with Gasteiger partial charge in [0.05, 0.1) is 0 Å². The van der Waals surface area contributed by atoms with Gasteiger partial charge in [-0.1, -0.05) is 26.2 Å². The fraction of sp³-hybridized carbons (Fsp3) is 0.706. The quantitative estimate of drug-likeness (QED) is 0.806. The van der Waals surface area contributed by atoms with Gasteiger partial charge in [-0.15, -0.1) is 0 Å². The summed E-state index contributed by atoms with van der Waals surface area (Å²) in [6, 6.07) is 0. The average molecular weight is 334 g/mol. The second kappa shape index (κ2) is 7.34. The number of aromatic nitrogens is 4. The van der Waals surface area contributed by atoms with Crippen molar-refractivity contribution in [1.29, 1.82) is 0 Å². The fourth-order valence-corrected chi connectivity index (χ4v) is 3.52. The van der Waals surface area contributed by atoms with Crippen molar-refractivity contribution < 1.29 is 5.11 Å². The van der Waals surface area contributed by atoms with Gasteiger partial charge < -0.3 is 10.1 Å². The molecule has 0 unspecified atom stereocenters. The molecule has 1 saturated carbocycles. The van der Waals surface area contributed by atoms with Crippen molar-refractivity contribution in [2.24, 2.45) is 0 Å². The predicted molar refractivity (Wildman–Crippen MR) is 92.4 cm³/mol. The molecule has 2 aromatic rings. The topological polar surface area (TPSA) is 92.9 Å². The van der Waals surface area contributed by atoms with Crippen LogP contribution in [-0.2, 0) is 13.1 Å². The zero-order valence-corrected chi connectivity index (χ0v) is 14.3. The molecule has 1 fully saturated rings. The Morgan fingerprint density at radius 3 is 2.54 bits per heavy atom. The number of hydrogen-bond acceptors (Lipinski definition) is 4. The smallest absolute Gasteiger partial charge is 0.332 e. The summed E-state index contributed by atoms with van der Waals surface area (Å²) in [4.78, 5) is 33.3. The molecule has 0 radical (unpaired) electrons. The Labute approximate surface area is 140 Å². The molecule has 1 aliphatic rings. The van der Waals surface area contributed by atoms with E-state index in [-0.39, 0.29) is 17.9 Å². The van der Waals surface area contributed by atoms with Crippen LogP contribution in [0.5, 0.6) is 0 Å². The van der Waals surface area contributed by atoms with Crippen LogP contribution >= 0.6 is 0 Å². The van der Waals surface area contributed by atoms with Crippen LogP contribution in [-0.4, -0.2) is 30.8 Å². The Hall–Kier alpha value is -1.89. The summed E-state index contributed by atoms with van der Waals surface area (Å²) in [5.41, 5.74) is 0.262. The SMILES string of the molecule is CCCCn1c(=O)c2[nH]c(C3CCCC3)nc2n(CCCO)c1=O. The fourth-order valence-electron chi connectivity index (χ4n) is 3.52. The third kappa shape index (κ3) is 3.05. The van der Waals surface area contributed by atoms with Gasteiger partial charge >= 0.3 is 5.69 Å². The van der Waals surface area contributed by atoms with Gasteiger partial charge in [0.1, 0.15) is 11.3 Å². The Bertz CT molecular complexity index is 812. The minimum atomic E-state index is -0.320. The molecular formula is C17H26N4O3. The normalized spacial score (nSPS) is 15.6. The molecule has 2 aromatic heterocycles. The lowest BCUT2D eigenvalue weighted by Gasteiger charge is -2.10. The standard InChI is InChI=1S/C17H26N4O3/c1-2-3-9-21-16(23)13-15(20(17(21)24)10-6-11-22)19-14(18-13)12-7-4-5-8-12/h12,22H,2-11H2,1H3,(H,18,19). The van der Waals surface area contributed by atoms with E-state index < -0.39 is 0 Å². The number of aromatic amines is 1. The highest BCUT2D eigenvalue weighted by Crippen LogP contribution is 2.32. The van der Waals surface area contributed by atoms with E-state index in [0.717, 1.165) is 31.5 Å². The lowest BCUT2D eigenvalue weighted by atomic mass is 10.1. The van der Waals surface area contributed by atoms with Crippen LogP contribution in [0.4, 0.5) is 0 Å². The number of imidazole rings is 1. The van der Waals surface area contributed by atoms with E-state index in [1.54, 1.807) is 0 Å². The van der Waals surface area contributed by atoms with E-state index in [2.05, 4.69) is 9.97 Å². The van der Waals surface area contributed by atoms with Crippen molar-refractivity contribution >= 4 is 11.2 Å². The number of aliphatic hydroxyl groups excluding tert-OH is 1. The van der Waals surface area contributed by atoms with Crippen LogP contribution in [0.15, 0.2) is 9.59 Å². The molecule has 2 N–H and O–H groups in total. The molecular weight excluding hydrogens is 308 g/mol. The number of nitrogens with zero attached hydrogens (tertiary/aromatic N) is 3. The highest BCUT2D eigenvalue weighted by Gasteiger charge is 2.23. The first-order chi connectivity index (χ1) is 11.7. The Morgan fingerprint density at radius 1 is 1.17 bits per heavy atom. The number of hydrogen-bond donors (Lipinski definition) is 2. The third-order valence-corrected chi connectivity index (χ3v) is 4.90. The van der Waals surface area contributed by atoms with Crippen LogP contribution < -0.4 is 11.2 Å². The number of rotatable bonds is 7. The monoisotopic (exact) mass is 334 g/mol. The van der Waals surface area contributed by atoms with Gasteiger partial charge in [-0.2, -0.15) is 0 Å². The van der Waals surface area contributed by atoms with E-state index in [0.29, 0.717) is 36.6 Å². The second-order valence-corrected chi connectivity index (χ2v) is 6.62. The minimum Gasteiger partial charge on any atom is -0.396 e. The van der Waals surface area contributed by atoms with Crippen LogP contribution in [0.2, 0.25) is 0 Å². The number of nitrogens with one attached hydrogen (secondary N) is 1. The molecule has 0 saturated heterocycles. The summed E-state index contributed by atoms with van der Waals surface area (Å²) in [5.74, 6) is 1.17. The van der Waals surface area contributed by atoms with Crippen molar-refractivity contribution in [1.82, 2.24) is 19.1 Å². The highest BCUT2D eigenvalue weighted by atomic mass is 16.3. The molecule has 0 aliphatic heterocycles. The van der Waals surface area contributed by atoms with E-state index in [1.165, 1.54) is 22.0 Å². The summed E-state index contributed by atoms with van der Waals surface area (Å²) in [6.45, 7) is 2.82. The highest BCUT2D eigenvalue weighted by molar-refractivity contribution is 5.70. The lowest BCUT2D eigenvalue weighted by molar-refractivity contribution is 0.279. The Balaban J connectivity index is 2.15. The predicted octanol–water partition coefficient (Wildman–Crippen LogP) is 1.73. The molecule has 0 bridgehead atoms. The van der Waals surface area contributed by atoms with Crippen LogP contribution in [0.3, 0.4) is 0 Å². The molecule has 7 nitrogen and oxygen atoms in total. The molecule has 0 spiro atoms. The first kappa shape index (κ1) is 17.0. The molecule has 1 aliphatic carbocycles. The zero-order chi connectivity index (χ0) is 17.1. The van der Waals surface area contributed by atoms with Crippen molar-refractivity contribution in [3.8, 4) is 0 Å². The van der Waals surface area contributed by atoms with E-state index >= 15 is 0 Å². The van der Waals surface area contributed by atoms with Crippen molar-refractivity contribution in [3.05, 3.63) is 26.7 Å². The number of fused-ring (bicyclic) bond motifs is 1. The molecule has 24 heavy (non-hydrogen) atoms. The molecule has 132 valence electrons. The van der Waals surface area contributed by atoms with Gasteiger partial charge in [0.25, 0.3) is 5.56 Å². The van der Waals surface area contributed by atoms with Crippen LogP contribution in [0.1, 0.15) is 63.6 Å². The van der Waals surface area contributed by atoms with Gasteiger partial charge in [0, 0.05) is 25.6 Å². The molecule has 0 amide bonds. The zero-order valence-electron chi connectivity index (χ0n) is 14.3. The average Bonchev–Trinajstić information content (AvgIpc) is 3.24. The molecule has 0 aromatic carbocycles. The van der Waals surface area contributed by atoms with E-state index in [1.807, 2.05) is 6.92 Å². The van der Waals surface area contributed by atoms with E-state index in [4.69, 9.17) is 5.11 Å². The molecule has 7 heteroatoms. The summed E-state index contributed by atoms with van der Waals surface area (Å²) >= 11 is 0. The number of unbranched alkanes of at least 4 members (excludes halogenated alkanes) is 1. The third-order valence-electron chi connectivity index (χ3n) is 4.90. The Kier molecular flexibility index (Phi) is 5.18. The first-order valence-corrected chi connectivity index (χ1v) is 9.01. The maximum atomic E-state index is 12.7. The van der Waals surface area contributed by atoms with Crippen LogP contribution in [0.25, 0.3) is 11.2 Å². The number of H-pyrrole nitrogens is 1. The number of aryl methyl sites for hydroxylation is 1. The van der Waals surface area contributed by atoms with Gasteiger partial charge in [0.2, 0.25) is 0 Å². The van der Waals surface area contributed by atoms with Gasteiger partial charge in [-0.25, -0.2) is 9.78 Å². The van der Waals surface area contributed by atoms with Crippen molar-refractivity contribution in [3.63, 3.8) is 0 Å².